The number of hydrogen-bond donors (Lipinski definition) is 5. The van der Waals surface area contributed by atoms with Crippen molar-refractivity contribution < 1.29 is 62.0 Å². The van der Waals surface area contributed by atoms with E-state index in [2.05, 4.69) is 47.4 Å². The number of fused-ring (bicyclic) bond motifs is 5. The molecule has 0 saturated heterocycles. The molecule has 0 spiro atoms. The van der Waals surface area contributed by atoms with Crippen LogP contribution in [0.1, 0.15) is 89.7 Å². The molecule has 21 nitrogen and oxygen atoms in total. The first-order valence-electron chi connectivity index (χ1n) is 27.3. The molecule has 1 aliphatic heterocycles. The van der Waals surface area contributed by atoms with Crippen molar-refractivity contribution in [3.05, 3.63) is 160 Å². The maximum atomic E-state index is 15.3. The number of methoxy groups -OCH3 is 3. The van der Waals surface area contributed by atoms with Crippen LogP contribution in [0.15, 0.2) is 115 Å². The predicted molar refractivity (Wildman–Crippen MR) is 312 cm³/mol. The SMILES string of the molecule is COC(=O)[C@@H]1Cc2cc(OCCNC(=O)OCc3ccccc3)c(OC)c(c2)-c2cc(ccc2OC)[C@H](N(C)C(=O)[C@@H](CCNC(=O)OCc2ccccc2)NC(=O)c2c(C)nc(-c3ccc(C(C)(C)C)cc3)nc2C)C(=O)N[C@H](C)C(=O)N1. The smallest absolute Gasteiger partial charge is 0.407 e. The summed E-state index contributed by atoms with van der Waals surface area (Å²) in [5.74, 6) is -2.80. The zero-order chi connectivity index (χ0) is 60.7. The highest BCUT2D eigenvalue weighted by Gasteiger charge is 2.37. The van der Waals surface area contributed by atoms with E-state index in [0.717, 1.165) is 27.2 Å². The number of alkyl carbamates (subject to hydrolysis) is 2. The van der Waals surface area contributed by atoms with Crippen LogP contribution in [-0.4, -0.2) is 123 Å². The van der Waals surface area contributed by atoms with Crippen LogP contribution < -0.4 is 40.8 Å². The van der Waals surface area contributed by atoms with Gasteiger partial charge in [-0.2, -0.15) is 0 Å². The zero-order valence-corrected chi connectivity index (χ0v) is 48.9. The van der Waals surface area contributed by atoms with Gasteiger partial charge in [-0.3, -0.25) is 19.2 Å². The molecule has 4 bridgehead atoms. The largest absolute Gasteiger partial charge is 0.496 e. The number of likely N-dealkylation sites (N-methyl/N-ethyl adjacent to an activating group) is 1. The second-order valence-corrected chi connectivity index (χ2v) is 21.1. The minimum absolute atomic E-state index is 0.00701. The third-order valence-corrected chi connectivity index (χ3v) is 14.0. The first-order valence-corrected chi connectivity index (χ1v) is 27.3. The topological polar surface area (TPSA) is 264 Å². The Morgan fingerprint density at radius 1 is 0.714 bits per heavy atom. The lowest BCUT2D eigenvalue weighted by molar-refractivity contribution is -0.145. The van der Waals surface area contributed by atoms with Crippen molar-refractivity contribution in [1.82, 2.24) is 41.5 Å². The molecule has 0 unspecified atom stereocenters. The van der Waals surface area contributed by atoms with Crippen LogP contribution in [0.2, 0.25) is 0 Å². The van der Waals surface area contributed by atoms with Crippen LogP contribution in [0.3, 0.4) is 0 Å². The second-order valence-electron chi connectivity index (χ2n) is 21.1. The number of hydrogen-bond acceptors (Lipinski definition) is 15. The molecule has 5 aromatic carbocycles. The van der Waals surface area contributed by atoms with Crippen LogP contribution in [-0.2, 0) is 58.4 Å². The number of carbonyl (C=O) groups excluding carboxylic acids is 7. The van der Waals surface area contributed by atoms with Crippen molar-refractivity contribution in [1.29, 1.82) is 0 Å². The lowest BCUT2D eigenvalue weighted by atomic mass is 9.86. The van der Waals surface area contributed by atoms with Gasteiger partial charge in [0.2, 0.25) is 17.7 Å². The summed E-state index contributed by atoms with van der Waals surface area (Å²) in [6.07, 6.45) is -1.77. The number of ether oxygens (including phenoxy) is 6. The highest BCUT2D eigenvalue weighted by molar-refractivity contribution is 6.00. The van der Waals surface area contributed by atoms with E-state index in [9.17, 15) is 28.8 Å². The Morgan fingerprint density at radius 2 is 1.32 bits per heavy atom. The van der Waals surface area contributed by atoms with E-state index < -0.39 is 66.0 Å². The minimum Gasteiger partial charge on any atom is -0.496 e. The van der Waals surface area contributed by atoms with E-state index in [1.807, 2.05) is 72.8 Å². The molecule has 442 valence electrons. The first kappa shape index (κ1) is 62.1. The highest BCUT2D eigenvalue weighted by Crippen LogP contribution is 2.44. The highest BCUT2D eigenvalue weighted by atomic mass is 16.6. The van der Waals surface area contributed by atoms with E-state index in [0.29, 0.717) is 39.7 Å². The molecule has 21 heteroatoms. The molecule has 5 N–H and O–H groups in total. The van der Waals surface area contributed by atoms with Gasteiger partial charge >= 0.3 is 18.2 Å². The maximum Gasteiger partial charge on any atom is 0.407 e. The fourth-order valence-corrected chi connectivity index (χ4v) is 9.51. The van der Waals surface area contributed by atoms with E-state index in [1.54, 1.807) is 56.3 Å². The minimum atomic E-state index is -1.53. The Kier molecular flexibility index (Phi) is 21.0. The number of aryl methyl sites for hydroxylation is 2. The number of benzene rings is 5. The maximum absolute atomic E-state index is 15.3. The molecule has 6 aromatic rings. The molecule has 84 heavy (non-hydrogen) atoms. The summed E-state index contributed by atoms with van der Waals surface area (Å²) < 4.78 is 34.1. The molecule has 0 fully saturated rings. The Labute approximate surface area is 488 Å². The molecular weight excluding hydrogens is 1080 g/mol. The Balaban J connectivity index is 1.24. The van der Waals surface area contributed by atoms with E-state index in [1.165, 1.54) is 35.3 Å². The Morgan fingerprint density at radius 3 is 1.89 bits per heavy atom. The summed E-state index contributed by atoms with van der Waals surface area (Å²) in [4.78, 5) is 109. The monoisotopic (exact) mass is 1150 g/mol. The van der Waals surface area contributed by atoms with E-state index in [-0.39, 0.29) is 73.8 Å². The van der Waals surface area contributed by atoms with Gasteiger partial charge in [0.05, 0.1) is 44.8 Å². The van der Waals surface area contributed by atoms with Crippen molar-refractivity contribution in [2.75, 3.05) is 48.1 Å². The van der Waals surface area contributed by atoms with Gasteiger partial charge in [-0.25, -0.2) is 24.4 Å². The Bertz CT molecular complexity index is 3310. The lowest BCUT2D eigenvalue weighted by Crippen LogP contribution is -2.55. The summed E-state index contributed by atoms with van der Waals surface area (Å²) in [6, 6.07) is 28.7. The second kappa shape index (κ2) is 28.4. The van der Waals surface area contributed by atoms with Crippen LogP contribution >= 0.6 is 0 Å². The van der Waals surface area contributed by atoms with Gasteiger partial charge < -0.3 is 59.9 Å². The molecule has 0 saturated carbocycles. The number of aromatic nitrogens is 2. The summed E-state index contributed by atoms with van der Waals surface area (Å²) in [7, 11) is 5.41. The van der Waals surface area contributed by atoms with Crippen molar-refractivity contribution >= 4 is 41.8 Å². The van der Waals surface area contributed by atoms with Crippen LogP contribution in [0, 0.1) is 13.8 Å². The molecule has 6 amide bonds. The van der Waals surface area contributed by atoms with E-state index >= 15 is 4.79 Å². The molecule has 0 aliphatic carbocycles. The molecule has 0 radical (unpaired) electrons. The van der Waals surface area contributed by atoms with Gasteiger partial charge in [0.1, 0.15) is 49.7 Å². The Hall–Kier alpha value is -9.53. The standard InChI is InChI=1S/C63H72N8O13/c1-37-52(38(2)67-55(66-37)43-21-24-45(25-22-43)63(4,5)6)57(73)69-48(27-28-64-61(77)83-35-40-17-13-11-14-18-40)59(75)71(7)53-44-23-26-50(79-8)46(34-44)47-31-42(32-49(60(76)81-10)70-56(72)39(3)68-58(53)74)33-51(54(47)80-9)82-30-29-65-62(78)84-36-41-19-15-12-16-20-41/h11-26,31,33-34,39,48-49,53H,27-30,32,35-36H2,1-10H3,(H,64,77)(H,65,78)(H,68,74)(H,69,73)(H,70,72)/t39-,48-,49+,53+/m1/s1. The summed E-state index contributed by atoms with van der Waals surface area (Å²) in [5, 5.41) is 13.6. The quantitative estimate of drug-likeness (QED) is 0.0301. The van der Waals surface area contributed by atoms with Crippen LogP contribution in [0.25, 0.3) is 22.5 Å². The van der Waals surface area contributed by atoms with Crippen LogP contribution in [0.5, 0.6) is 17.2 Å². The average Bonchev–Trinajstić information content (AvgIpc) is 3.65. The summed E-state index contributed by atoms with van der Waals surface area (Å²) in [6.45, 7) is 10.9. The van der Waals surface area contributed by atoms with Crippen molar-refractivity contribution in [2.24, 2.45) is 0 Å². The molecule has 7 rings (SSSR count). The third-order valence-electron chi connectivity index (χ3n) is 14.0. The zero-order valence-electron chi connectivity index (χ0n) is 48.9. The number of amides is 6. The summed E-state index contributed by atoms with van der Waals surface area (Å²) in [5.41, 5.74) is 5.49. The van der Waals surface area contributed by atoms with Gasteiger partial charge in [0, 0.05) is 36.7 Å². The normalized spacial score (nSPS) is 15.3. The fraction of sp³-hybridized carbons (Fsp3) is 0.349. The number of carbonyl (C=O) groups is 7. The molecule has 1 aromatic heterocycles. The molecule has 1 aliphatic rings. The number of esters is 1. The summed E-state index contributed by atoms with van der Waals surface area (Å²) >= 11 is 0. The molecule has 2 heterocycles. The van der Waals surface area contributed by atoms with Crippen molar-refractivity contribution in [3.63, 3.8) is 0 Å². The molecular formula is C63H72N8O13. The van der Waals surface area contributed by atoms with Gasteiger partial charge in [-0.15, -0.1) is 0 Å². The predicted octanol–water partition coefficient (Wildman–Crippen LogP) is 7.38. The van der Waals surface area contributed by atoms with Gasteiger partial charge in [0.15, 0.2) is 17.3 Å². The number of rotatable bonds is 19. The van der Waals surface area contributed by atoms with Crippen LogP contribution in [0.4, 0.5) is 9.59 Å². The van der Waals surface area contributed by atoms with Crippen molar-refractivity contribution in [3.8, 4) is 39.8 Å². The third kappa shape index (κ3) is 15.9. The number of nitrogens with zero attached hydrogens (tertiary/aromatic N) is 3. The van der Waals surface area contributed by atoms with Gasteiger partial charge in [-0.05, 0) is 84.7 Å². The fourth-order valence-electron chi connectivity index (χ4n) is 9.51. The van der Waals surface area contributed by atoms with Gasteiger partial charge in [0.25, 0.3) is 5.91 Å². The average molecular weight is 1150 g/mol. The molecule has 4 atom stereocenters. The van der Waals surface area contributed by atoms with E-state index in [4.69, 9.17) is 38.4 Å². The van der Waals surface area contributed by atoms with Crippen molar-refractivity contribution in [2.45, 2.75) is 97.2 Å². The number of nitrogens with one attached hydrogen (secondary N) is 5. The van der Waals surface area contributed by atoms with Gasteiger partial charge in [-0.1, -0.05) is 112 Å². The first-order chi connectivity index (χ1) is 40.2. The lowest BCUT2D eigenvalue weighted by Gasteiger charge is -2.33.